The van der Waals surface area contributed by atoms with Crippen LogP contribution in [0.2, 0.25) is 0 Å². The summed E-state index contributed by atoms with van der Waals surface area (Å²) in [7, 11) is -4.37. The van der Waals surface area contributed by atoms with Crippen LogP contribution >= 0.6 is 0 Å². The third kappa shape index (κ3) is 4.50. The van der Waals surface area contributed by atoms with Gasteiger partial charge in [0.25, 0.3) is 0 Å². The van der Waals surface area contributed by atoms with Crippen molar-refractivity contribution in [3.63, 3.8) is 0 Å². The summed E-state index contributed by atoms with van der Waals surface area (Å²) < 4.78 is 36.1. The molecule has 86 valence electrons. The Morgan fingerprint density at radius 2 is 1.93 bits per heavy atom. The predicted octanol–water partition coefficient (Wildman–Crippen LogP) is -0.980. The molecule has 3 unspecified atom stereocenters. The summed E-state index contributed by atoms with van der Waals surface area (Å²) in [6.45, 7) is 3.54. The molecule has 0 radical (unpaired) electrons. The molecule has 0 aliphatic rings. The van der Waals surface area contributed by atoms with Crippen LogP contribution in [0, 0.1) is 0 Å². The molecule has 0 aromatic rings. The lowest BCUT2D eigenvalue weighted by atomic mass is 10.5. The Balaban J connectivity index is 4.20. The first-order valence-electron chi connectivity index (χ1n) is 4.32. The normalized spacial score (nSPS) is 18.9. The van der Waals surface area contributed by atoms with Gasteiger partial charge in [-0.15, -0.1) is 0 Å². The minimum atomic E-state index is -3.35. The van der Waals surface area contributed by atoms with E-state index in [1.807, 2.05) is 0 Å². The van der Waals surface area contributed by atoms with Crippen LogP contribution in [0.5, 0.6) is 0 Å². The lowest BCUT2D eigenvalue weighted by Gasteiger charge is -2.14. The molecule has 0 spiro atoms. The molecule has 0 heterocycles. The van der Waals surface area contributed by atoms with E-state index >= 15 is 0 Å². The molecule has 0 saturated carbocycles. The maximum absolute atomic E-state index is 11.4. The monoisotopic (exact) mass is 242 g/mol. The second-order valence-corrected chi connectivity index (χ2v) is 7.23. The van der Waals surface area contributed by atoms with Crippen molar-refractivity contribution in [2.45, 2.75) is 24.3 Å². The van der Waals surface area contributed by atoms with Crippen molar-refractivity contribution in [3.8, 4) is 0 Å². The minimum absolute atomic E-state index is 0.0823. The Bertz CT molecular complexity index is 289. The van der Waals surface area contributed by atoms with Crippen molar-refractivity contribution in [1.29, 1.82) is 0 Å². The van der Waals surface area contributed by atoms with Crippen LogP contribution < -0.4 is 10.5 Å². The maximum Gasteiger partial charge on any atom is 0.215 e. The van der Waals surface area contributed by atoms with E-state index in [0.717, 1.165) is 0 Å². The third-order valence-corrected chi connectivity index (χ3v) is 5.12. The minimum Gasteiger partial charge on any atom is -0.329 e. The zero-order valence-electron chi connectivity index (χ0n) is 8.69. The highest BCUT2D eigenvalue weighted by molar-refractivity contribution is 7.90. The molecule has 14 heavy (non-hydrogen) atoms. The highest BCUT2D eigenvalue weighted by atomic mass is 32.2. The van der Waals surface area contributed by atoms with Gasteiger partial charge < -0.3 is 5.73 Å². The molecule has 0 saturated heterocycles. The van der Waals surface area contributed by atoms with Crippen LogP contribution in [-0.2, 0) is 20.8 Å². The molecule has 0 rings (SSSR count). The highest BCUT2D eigenvalue weighted by Crippen LogP contribution is 1.97. The number of hydrogen-bond donors (Lipinski definition) is 2. The van der Waals surface area contributed by atoms with Gasteiger partial charge in [-0.1, -0.05) is 0 Å². The van der Waals surface area contributed by atoms with Gasteiger partial charge >= 0.3 is 0 Å². The quantitative estimate of drug-likeness (QED) is 0.626. The molecule has 0 fully saturated rings. The van der Waals surface area contributed by atoms with Crippen molar-refractivity contribution in [1.82, 2.24) is 4.72 Å². The molecule has 0 amide bonds. The third-order valence-electron chi connectivity index (χ3n) is 2.00. The summed E-state index contributed by atoms with van der Waals surface area (Å²) in [4.78, 5) is 0. The average molecular weight is 242 g/mol. The molecule has 0 aromatic heterocycles. The highest BCUT2D eigenvalue weighted by Gasteiger charge is 2.19. The van der Waals surface area contributed by atoms with Crippen molar-refractivity contribution in [3.05, 3.63) is 0 Å². The molecule has 0 aromatic carbocycles. The molecule has 7 heteroatoms. The van der Waals surface area contributed by atoms with Gasteiger partial charge in [-0.05, 0) is 13.8 Å². The average Bonchev–Trinajstić information content (AvgIpc) is 2.12. The fourth-order valence-electron chi connectivity index (χ4n) is 0.620. The van der Waals surface area contributed by atoms with Crippen LogP contribution in [-0.4, -0.2) is 42.5 Å². The van der Waals surface area contributed by atoms with Gasteiger partial charge in [-0.2, -0.15) is 0 Å². The van der Waals surface area contributed by atoms with E-state index in [0.29, 0.717) is 0 Å². The number of sulfonamides is 1. The van der Waals surface area contributed by atoms with E-state index in [1.54, 1.807) is 13.2 Å². The molecular weight excluding hydrogens is 224 g/mol. The summed E-state index contributed by atoms with van der Waals surface area (Å²) >= 11 is 0. The summed E-state index contributed by atoms with van der Waals surface area (Å²) in [5.41, 5.74) is 5.25. The molecule has 0 aliphatic carbocycles. The second kappa shape index (κ2) is 5.79. The molecular formula is C7H18N2O3S2. The zero-order chi connectivity index (χ0) is 11.4. The molecule has 5 nitrogen and oxygen atoms in total. The van der Waals surface area contributed by atoms with Crippen LogP contribution in [0.25, 0.3) is 0 Å². The lowest BCUT2D eigenvalue weighted by Crippen LogP contribution is -2.40. The fourth-order valence-corrected chi connectivity index (χ4v) is 2.06. The van der Waals surface area contributed by atoms with E-state index in [1.165, 1.54) is 6.92 Å². The second-order valence-electron chi connectivity index (χ2n) is 3.25. The van der Waals surface area contributed by atoms with E-state index < -0.39 is 26.1 Å². The Labute approximate surface area is 88.0 Å². The van der Waals surface area contributed by atoms with Gasteiger partial charge in [0.2, 0.25) is 10.0 Å². The van der Waals surface area contributed by atoms with Crippen LogP contribution in [0.4, 0.5) is 0 Å². The number of rotatable bonds is 6. The van der Waals surface area contributed by atoms with Crippen molar-refractivity contribution >= 4 is 20.8 Å². The van der Waals surface area contributed by atoms with Crippen LogP contribution in [0.1, 0.15) is 13.8 Å². The first kappa shape index (κ1) is 14.0. The molecule has 0 bridgehead atoms. The lowest BCUT2D eigenvalue weighted by molar-refractivity contribution is 0.568. The van der Waals surface area contributed by atoms with E-state index in [9.17, 15) is 12.6 Å². The van der Waals surface area contributed by atoms with Crippen molar-refractivity contribution in [2.75, 3.05) is 19.3 Å². The number of hydrogen-bond acceptors (Lipinski definition) is 4. The summed E-state index contributed by atoms with van der Waals surface area (Å²) in [6, 6.07) is 0. The Hall–Kier alpha value is 0.0200. The maximum atomic E-state index is 11.4. The summed E-state index contributed by atoms with van der Waals surface area (Å²) in [6.07, 6.45) is 1.55. The number of nitrogens with two attached hydrogens (primary N) is 1. The van der Waals surface area contributed by atoms with Gasteiger partial charge in [-0.25, -0.2) is 13.1 Å². The first-order chi connectivity index (χ1) is 6.31. The topological polar surface area (TPSA) is 89.3 Å². The SMILES string of the molecule is CC(CNS(=O)(=O)C(C)CN)S(C)=O. The van der Waals surface area contributed by atoms with Crippen LogP contribution in [0.15, 0.2) is 0 Å². The molecule has 0 aliphatic heterocycles. The largest absolute Gasteiger partial charge is 0.329 e. The Morgan fingerprint density at radius 1 is 1.43 bits per heavy atom. The summed E-state index contributed by atoms with van der Waals surface area (Å²) in [5.74, 6) is 0. The van der Waals surface area contributed by atoms with E-state index in [2.05, 4.69) is 4.72 Å². The van der Waals surface area contributed by atoms with Gasteiger partial charge in [-0.3, -0.25) is 4.21 Å². The van der Waals surface area contributed by atoms with Crippen molar-refractivity contribution in [2.24, 2.45) is 5.73 Å². The van der Waals surface area contributed by atoms with Crippen molar-refractivity contribution < 1.29 is 12.6 Å². The fraction of sp³-hybridized carbons (Fsp3) is 1.00. The Morgan fingerprint density at radius 3 is 2.29 bits per heavy atom. The summed E-state index contributed by atoms with van der Waals surface area (Å²) in [5, 5.41) is -0.797. The molecule has 3 atom stereocenters. The van der Waals surface area contributed by atoms with Gasteiger partial charge in [0, 0.05) is 35.4 Å². The van der Waals surface area contributed by atoms with E-state index in [4.69, 9.17) is 5.73 Å². The van der Waals surface area contributed by atoms with Gasteiger partial charge in [0.1, 0.15) is 0 Å². The van der Waals surface area contributed by atoms with E-state index in [-0.39, 0.29) is 18.3 Å². The van der Waals surface area contributed by atoms with Gasteiger partial charge in [0.15, 0.2) is 0 Å². The van der Waals surface area contributed by atoms with Crippen LogP contribution in [0.3, 0.4) is 0 Å². The first-order valence-corrected chi connectivity index (χ1v) is 7.48. The predicted molar refractivity (Wildman–Crippen MR) is 59.0 cm³/mol. The standard InChI is InChI=1S/C7H18N2O3S2/c1-6(13(3)10)5-9-14(11,12)7(2)4-8/h6-7,9H,4-5,8H2,1-3H3. The Kier molecular flexibility index (Phi) is 5.80. The zero-order valence-corrected chi connectivity index (χ0v) is 10.3. The molecule has 3 N–H and O–H groups in total. The van der Waals surface area contributed by atoms with Gasteiger partial charge in [0.05, 0.1) is 5.25 Å². The smallest absolute Gasteiger partial charge is 0.215 e. The number of nitrogens with one attached hydrogen (secondary N) is 1.